The van der Waals surface area contributed by atoms with Gasteiger partial charge in [-0.25, -0.2) is 23.2 Å². The largest absolute Gasteiger partial charge is 0.448 e. The Kier molecular flexibility index (Phi) is 7.10. The third kappa shape index (κ3) is 3.98. The van der Waals surface area contributed by atoms with E-state index in [4.69, 9.17) is 9.47 Å². The van der Waals surface area contributed by atoms with E-state index in [9.17, 15) is 23.5 Å². The van der Waals surface area contributed by atoms with Gasteiger partial charge in [-0.15, -0.1) is 0 Å². The van der Waals surface area contributed by atoms with Crippen molar-refractivity contribution in [3.05, 3.63) is 47.3 Å². The van der Waals surface area contributed by atoms with Crippen LogP contribution in [0.4, 0.5) is 13.2 Å². The number of pyridine rings is 1. The lowest BCUT2D eigenvalue weighted by Gasteiger charge is -2.63. The van der Waals surface area contributed by atoms with E-state index in [2.05, 4.69) is 10.1 Å². The van der Waals surface area contributed by atoms with Gasteiger partial charge in [0.25, 0.3) is 0 Å². The summed E-state index contributed by atoms with van der Waals surface area (Å²) >= 11 is 0.464. The molecule has 12 heteroatoms. The fraction of sp³-hybridized carbons (Fsp3) is 0.625. The molecule has 3 saturated carbocycles. The van der Waals surface area contributed by atoms with Gasteiger partial charge in [-0.2, -0.15) is 9.49 Å². The molecule has 0 aromatic carbocycles. The van der Waals surface area contributed by atoms with Gasteiger partial charge < -0.3 is 14.6 Å². The van der Waals surface area contributed by atoms with Gasteiger partial charge in [0.2, 0.25) is 11.1 Å². The number of alkyl halides is 2. The number of aliphatic hydroxyl groups excluding tert-OH is 1. The highest BCUT2D eigenvalue weighted by Gasteiger charge is 2.76. The highest BCUT2D eigenvalue weighted by atomic mass is 32.2. The number of carbonyl (C=O) groups is 2. The summed E-state index contributed by atoms with van der Waals surface area (Å²) in [6.07, 6.45) is 5.65. The van der Waals surface area contributed by atoms with Crippen molar-refractivity contribution in [3.63, 3.8) is 0 Å². The smallest absolute Gasteiger partial charge is 0.336 e. The second-order valence-corrected chi connectivity index (χ2v) is 14.3. The standard InChI is InChI=1S/C32H36F3N3O5S/c1-29-13-18-15-37-38(20-6-8-26(34)36-16-20)23(18)12-19(29)5-7-22-21-9-10-31(28(41)44-17-33,43-27(40)24-4-3-11-42-24)30(21,2)14-25(39)32(22,29)35/h6,8,12,15-16,21-22,24-25,39H,3-5,7,9-11,13-14,17H2,1-2H3/t21-,22-,24-,25-,29-,30-,31-,32-/m0/s1. The topological polar surface area (TPSA) is 104 Å². The molecule has 1 saturated heterocycles. The number of ether oxygens (including phenoxy) is 2. The Morgan fingerprint density at radius 1 is 1.20 bits per heavy atom. The van der Waals surface area contributed by atoms with Gasteiger partial charge in [0.15, 0.2) is 11.7 Å². The quantitative estimate of drug-likeness (QED) is 0.351. The van der Waals surface area contributed by atoms with Gasteiger partial charge in [-0.3, -0.25) is 4.79 Å². The maximum Gasteiger partial charge on any atom is 0.336 e. The molecular formula is C32H36F3N3O5S. The highest BCUT2D eigenvalue weighted by molar-refractivity contribution is 8.13. The molecule has 0 spiro atoms. The lowest BCUT2D eigenvalue weighted by Crippen LogP contribution is -2.70. The van der Waals surface area contributed by atoms with Crippen LogP contribution in [0.5, 0.6) is 0 Å². The number of rotatable bonds is 5. The lowest BCUT2D eigenvalue weighted by molar-refractivity contribution is -0.230. The number of allylic oxidation sites excluding steroid dienone is 1. The zero-order valence-electron chi connectivity index (χ0n) is 24.7. The minimum Gasteiger partial charge on any atom is -0.448 e. The van der Waals surface area contributed by atoms with Gasteiger partial charge >= 0.3 is 5.97 Å². The Hall–Kier alpha value is -2.70. The Bertz CT molecular complexity index is 1530. The molecule has 236 valence electrons. The van der Waals surface area contributed by atoms with E-state index in [-0.39, 0.29) is 18.8 Å². The Morgan fingerprint density at radius 2 is 2.02 bits per heavy atom. The number of hydrogen-bond acceptors (Lipinski definition) is 8. The zero-order valence-corrected chi connectivity index (χ0v) is 25.5. The van der Waals surface area contributed by atoms with E-state index in [1.54, 1.807) is 23.9 Å². The fourth-order valence-electron chi connectivity index (χ4n) is 9.45. The number of hydrogen-bond donors (Lipinski definition) is 1. The van der Waals surface area contributed by atoms with Gasteiger partial charge in [0, 0.05) is 23.4 Å². The molecule has 0 amide bonds. The van der Waals surface area contributed by atoms with Crippen LogP contribution in [0.2, 0.25) is 0 Å². The Balaban J connectivity index is 1.25. The van der Waals surface area contributed by atoms with Crippen LogP contribution in [-0.2, 0) is 25.5 Å². The summed E-state index contributed by atoms with van der Waals surface area (Å²) in [5, 5.41) is 15.8. The molecule has 44 heavy (non-hydrogen) atoms. The molecule has 1 N–H and O–H groups in total. The van der Waals surface area contributed by atoms with Crippen LogP contribution in [0.1, 0.15) is 70.1 Å². The first-order valence-electron chi connectivity index (χ1n) is 15.3. The number of carbonyl (C=O) groups excluding carboxylic acids is 2. The molecule has 1 aliphatic heterocycles. The van der Waals surface area contributed by atoms with E-state index in [0.717, 1.165) is 16.8 Å². The molecule has 3 heterocycles. The van der Waals surface area contributed by atoms with Crippen molar-refractivity contribution in [1.29, 1.82) is 0 Å². The van der Waals surface area contributed by atoms with Crippen LogP contribution in [0.25, 0.3) is 11.8 Å². The van der Waals surface area contributed by atoms with Gasteiger partial charge in [0.05, 0.1) is 29.9 Å². The molecule has 0 radical (unpaired) electrons. The summed E-state index contributed by atoms with van der Waals surface area (Å²) in [4.78, 5) is 30.7. The molecule has 2 aromatic heterocycles. The number of esters is 1. The minimum atomic E-state index is -2.04. The average molecular weight is 632 g/mol. The summed E-state index contributed by atoms with van der Waals surface area (Å²) in [5.74, 6) is -2.26. The van der Waals surface area contributed by atoms with Crippen LogP contribution in [0, 0.1) is 28.6 Å². The highest BCUT2D eigenvalue weighted by Crippen LogP contribution is 2.71. The molecule has 2 aromatic rings. The summed E-state index contributed by atoms with van der Waals surface area (Å²) in [5.41, 5.74) is -2.86. The zero-order chi connectivity index (χ0) is 31.1. The van der Waals surface area contributed by atoms with E-state index >= 15 is 4.39 Å². The minimum absolute atomic E-state index is 0.113. The normalized spacial score (nSPS) is 39.1. The lowest BCUT2D eigenvalue weighted by atomic mass is 9.44. The summed E-state index contributed by atoms with van der Waals surface area (Å²) in [6, 6.07) is 1.87. The Labute approximate surface area is 257 Å². The maximum absolute atomic E-state index is 18.1. The van der Waals surface area contributed by atoms with Crippen molar-refractivity contribution in [2.45, 2.75) is 88.7 Å². The third-order valence-corrected chi connectivity index (χ3v) is 12.3. The van der Waals surface area contributed by atoms with Crippen molar-refractivity contribution in [2.24, 2.45) is 22.7 Å². The number of halogens is 3. The van der Waals surface area contributed by atoms with Crippen LogP contribution < -0.4 is 0 Å². The molecule has 8 atom stereocenters. The van der Waals surface area contributed by atoms with Crippen molar-refractivity contribution < 1.29 is 37.3 Å². The first-order chi connectivity index (χ1) is 21.0. The molecule has 0 unspecified atom stereocenters. The first-order valence-corrected chi connectivity index (χ1v) is 16.3. The number of thioether (sulfide) groups is 1. The van der Waals surface area contributed by atoms with Crippen molar-refractivity contribution >= 4 is 28.9 Å². The van der Waals surface area contributed by atoms with Crippen molar-refractivity contribution in [1.82, 2.24) is 14.8 Å². The summed E-state index contributed by atoms with van der Waals surface area (Å²) < 4.78 is 58.4. The molecule has 7 rings (SSSR count). The number of nitrogens with zero attached hydrogens (tertiary/aromatic N) is 3. The fourth-order valence-corrected chi connectivity index (χ4v) is 10.2. The molecule has 4 fully saturated rings. The molecule has 0 bridgehead atoms. The molecule has 8 nitrogen and oxygen atoms in total. The van der Waals surface area contributed by atoms with E-state index in [1.165, 1.54) is 12.3 Å². The predicted molar refractivity (Wildman–Crippen MR) is 155 cm³/mol. The summed E-state index contributed by atoms with van der Waals surface area (Å²) in [6.45, 7) is 4.08. The van der Waals surface area contributed by atoms with E-state index in [0.29, 0.717) is 62.6 Å². The third-order valence-electron chi connectivity index (χ3n) is 11.6. The van der Waals surface area contributed by atoms with Crippen LogP contribution in [0.3, 0.4) is 0 Å². The van der Waals surface area contributed by atoms with Crippen LogP contribution in [0.15, 0.2) is 30.1 Å². The Morgan fingerprint density at radius 3 is 2.73 bits per heavy atom. The van der Waals surface area contributed by atoms with E-state index < -0.39 is 63.3 Å². The van der Waals surface area contributed by atoms with Gasteiger partial charge in [0.1, 0.15) is 11.7 Å². The van der Waals surface area contributed by atoms with E-state index in [1.807, 2.05) is 13.0 Å². The number of aliphatic hydroxyl groups is 1. The van der Waals surface area contributed by atoms with Gasteiger partial charge in [-0.1, -0.05) is 19.4 Å². The SMILES string of the molecule is C[C@]12Cc3cnn(-c4ccc(F)nc4)c3C=C1CC[C@H]1[C@@H]3CC[C@](OC(=O)[C@@H]4CCCO4)(C(=O)SCF)[C@@]3(C)C[C@H](O)[C@@]12F. The monoisotopic (exact) mass is 631 g/mol. The maximum atomic E-state index is 18.1. The number of fused-ring (bicyclic) bond motifs is 6. The first kappa shape index (κ1) is 30.0. The number of aromatic nitrogens is 3. The van der Waals surface area contributed by atoms with Crippen LogP contribution in [-0.4, -0.2) is 67.0 Å². The molecule has 5 aliphatic rings. The second kappa shape index (κ2) is 10.4. The van der Waals surface area contributed by atoms with Crippen molar-refractivity contribution in [2.75, 3.05) is 12.6 Å². The van der Waals surface area contributed by atoms with Crippen molar-refractivity contribution in [3.8, 4) is 5.69 Å². The predicted octanol–water partition coefficient (Wildman–Crippen LogP) is 5.30. The van der Waals surface area contributed by atoms with Crippen LogP contribution >= 0.6 is 11.8 Å². The van der Waals surface area contributed by atoms with Gasteiger partial charge in [-0.05, 0) is 92.8 Å². The summed E-state index contributed by atoms with van der Waals surface area (Å²) in [7, 11) is 0. The average Bonchev–Trinajstić information content (AvgIpc) is 3.73. The molecular weight excluding hydrogens is 595 g/mol. The second-order valence-electron chi connectivity index (χ2n) is 13.5. The molecule has 4 aliphatic carbocycles.